The van der Waals surface area contributed by atoms with Gasteiger partial charge in [-0.15, -0.1) is 0 Å². The van der Waals surface area contributed by atoms with E-state index < -0.39 is 0 Å². The molecule has 1 fully saturated rings. The first kappa shape index (κ1) is 14.1. The molecule has 0 bridgehead atoms. The molecule has 1 heterocycles. The standard InChI is InChI=1S/C16H23NO2/c1-3-10-17-11-9-14(13-7-5-4-6-8-13)15(12-17)16(18)19-2/h4-8,14-15H,3,9-12H2,1-2H3. The highest BCUT2D eigenvalue weighted by Crippen LogP contribution is 2.33. The van der Waals surface area contributed by atoms with E-state index in [0.29, 0.717) is 5.92 Å². The summed E-state index contributed by atoms with van der Waals surface area (Å²) in [6, 6.07) is 10.3. The molecular weight excluding hydrogens is 238 g/mol. The van der Waals surface area contributed by atoms with Crippen LogP contribution in [0.15, 0.2) is 30.3 Å². The lowest BCUT2D eigenvalue weighted by molar-refractivity contribution is -0.148. The lowest BCUT2D eigenvalue weighted by Crippen LogP contribution is -2.43. The van der Waals surface area contributed by atoms with Gasteiger partial charge in [-0.05, 0) is 37.4 Å². The zero-order valence-electron chi connectivity index (χ0n) is 11.8. The zero-order chi connectivity index (χ0) is 13.7. The number of ether oxygens (including phenoxy) is 1. The molecule has 0 amide bonds. The minimum atomic E-state index is -0.0744. The topological polar surface area (TPSA) is 29.5 Å². The Labute approximate surface area is 115 Å². The first-order chi connectivity index (χ1) is 9.26. The second kappa shape index (κ2) is 6.71. The monoisotopic (exact) mass is 261 g/mol. The molecule has 19 heavy (non-hydrogen) atoms. The molecule has 2 atom stereocenters. The Morgan fingerprint density at radius 1 is 1.37 bits per heavy atom. The summed E-state index contributed by atoms with van der Waals surface area (Å²) >= 11 is 0. The van der Waals surface area contributed by atoms with E-state index in [-0.39, 0.29) is 11.9 Å². The average Bonchev–Trinajstić information content (AvgIpc) is 2.47. The van der Waals surface area contributed by atoms with Gasteiger partial charge in [0.25, 0.3) is 0 Å². The van der Waals surface area contributed by atoms with Gasteiger partial charge in [0.2, 0.25) is 0 Å². The lowest BCUT2D eigenvalue weighted by atomic mass is 9.80. The maximum Gasteiger partial charge on any atom is 0.310 e. The number of rotatable bonds is 4. The van der Waals surface area contributed by atoms with Crippen LogP contribution in [0, 0.1) is 5.92 Å². The largest absolute Gasteiger partial charge is 0.469 e. The van der Waals surface area contributed by atoms with Crippen LogP contribution in [0.4, 0.5) is 0 Å². The van der Waals surface area contributed by atoms with Gasteiger partial charge < -0.3 is 9.64 Å². The van der Waals surface area contributed by atoms with E-state index in [4.69, 9.17) is 4.74 Å². The molecule has 1 aromatic rings. The van der Waals surface area contributed by atoms with E-state index in [2.05, 4.69) is 24.0 Å². The highest BCUT2D eigenvalue weighted by Gasteiger charge is 2.35. The molecule has 0 spiro atoms. The molecule has 0 N–H and O–H groups in total. The van der Waals surface area contributed by atoms with Crippen molar-refractivity contribution >= 4 is 5.97 Å². The number of hydrogen-bond acceptors (Lipinski definition) is 3. The summed E-state index contributed by atoms with van der Waals surface area (Å²) in [7, 11) is 1.49. The molecule has 1 saturated heterocycles. The van der Waals surface area contributed by atoms with E-state index in [0.717, 1.165) is 32.5 Å². The second-order valence-electron chi connectivity index (χ2n) is 5.24. The third-order valence-electron chi connectivity index (χ3n) is 3.97. The maximum absolute atomic E-state index is 12.1. The maximum atomic E-state index is 12.1. The molecule has 104 valence electrons. The summed E-state index contributed by atoms with van der Waals surface area (Å²) in [5, 5.41) is 0. The first-order valence-corrected chi connectivity index (χ1v) is 7.11. The number of likely N-dealkylation sites (tertiary alicyclic amines) is 1. The molecule has 2 unspecified atom stereocenters. The van der Waals surface area contributed by atoms with E-state index >= 15 is 0 Å². The van der Waals surface area contributed by atoms with Crippen molar-refractivity contribution in [2.24, 2.45) is 5.92 Å². The van der Waals surface area contributed by atoms with Crippen molar-refractivity contribution in [1.82, 2.24) is 4.90 Å². The van der Waals surface area contributed by atoms with Gasteiger partial charge in [-0.2, -0.15) is 0 Å². The average molecular weight is 261 g/mol. The van der Waals surface area contributed by atoms with Crippen molar-refractivity contribution in [3.63, 3.8) is 0 Å². The third-order valence-corrected chi connectivity index (χ3v) is 3.97. The number of benzene rings is 1. The molecule has 3 nitrogen and oxygen atoms in total. The van der Waals surface area contributed by atoms with E-state index in [9.17, 15) is 4.79 Å². The number of piperidine rings is 1. The van der Waals surface area contributed by atoms with Crippen LogP contribution in [0.3, 0.4) is 0 Å². The molecule has 0 radical (unpaired) electrons. The number of carbonyl (C=O) groups is 1. The van der Waals surface area contributed by atoms with Crippen LogP contribution < -0.4 is 0 Å². The predicted molar refractivity (Wildman–Crippen MR) is 76.0 cm³/mol. The Morgan fingerprint density at radius 3 is 2.74 bits per heavy atom. The Bertz CT molecular complexity index is 404. The summed E-state index contributed by atoms with van der Waals surface area (Å²) < 4.78 is 5.00. The molecular formula is C16H23NO2. The Kier molecular flexibility index (Phi) is 4.97. The van der Waals surface area contributed by atoms with Gasteiger partial charge in [-0.3, -0.25) is 4.79 Å². The van der Waals surface area contributed by atoms with Crippen molar-refractivity contribution in [1.29, 1.82) is 0 Å². The number of nitrogens with zero attached hydrogens (tertiary/aromatic N) is 1. The number of hydrogen-bond donors (Lipinski definition) is 0. The molecule has 3 heteroatoms. The summed E-state index contributed by atoms with van der Waals surface area (Å²) in [5.74, 6) is 0.184. The zero-order valence-corrected chi connectivity index (χ0v) is 11.8. The summed E-state index contributed by atoms with van der Waals surface area (Å²) in [6.07, 6.45) is 2.16. The van der Waals surface area contributed by atoms with Gasteiger partial charge in [-0.1, -0.05) is 37.3 Å². The van der Waals surface area contributed by atoms with Gasteiger partial charge in [-0.25, -0.2) is 0 Å². The van der Waals surface area contributed by atoms with Gasteiger partial charge in [0, 0.05) is 6.54 Å². The number of carbonyl (C=O) groups excluding carboxylic acids is 1. The fraction of sp³-hybridized carbons (Fsp3) is 0.562. The van der Waals surface area contributed by atoms with Crippen molar-refractivity contribution in [2.75, 3.05) is 26.7 Å². The highest BCUT2D eigenvalue weighted by atomic mass is 16.5. The summed E-state index contributed by atoms with van der Waals surface area (Å²) in [5.41, 5.74) is 1.26. The fourth-order valence-corrected chi connectivity index (χ4v) is 3.03. The van der Waals surface area contributed by atoms with Crippen LogP contribution in [-0.4, -0.2) is 37.6 Å². The molecule has 0 aliphatic carbocycles. The van der Waals surface area contributed by atoms with Crippen LogP contribution in [0.5, 0.6) is 0 Å². The normalized spacial score (nSPS) is 24.1. The molecule has 2 rings (SSSR count). The second-order valence-corrected chi connectivity index (χ2v) is 5.24. The summed E-state index contributed by atoms with van der Waals surface area (Å²) in [6.45, 7) is 5.13. The lowest BCUT2D eigenvalue weighted by Gasteiger charge is -2.37. The van der Waals surface area contributed by atoms with Crippen molar-refractivity contribution in [2.45, 2.75) is 25.7 Å². The van der Waals surface area contributed by atoms with E-state index in [1.165, 1.54) is 12.7 Å². The van der Waals surface area contributed by atoms with Gasteiger partial charge in [0.1, 0.15) is 0 Å². The minimum absolute atomic E-state index is 0.0345. The van der Waals surface area contributed by atoms with Crippen LogP contribution in [-0.2, 0) is 9.53 Å². The smallest absolute Gasteiger partial charge is 0.310 e. The van der Waals surface area contributed by atoms with Crippen LogP contribution in [0.25, 0.3) is 0 Å². The van der Waals surface area contributed by atoms with Crippen molar-refractivity contribution in [3.8, 4) is 0 Å². The molecule has 0 aromatic heterocycles. The summed E-state index contributed by atoms with van der Waals surface area (Å²) in [4.78, 5) is 14.4. The number of methoxy groups -OCH3 is 1. The minimum Gasteiger partial charge on any atom is -0.469 e. The fourth-order valence-electron chi connectivity index (χ4n) is 3.03. The molecule has 1 aromatic carbocycles. The Morgan fingerprint density at radius 2 is 2.11 bits per heavy atom. The van der Waals surface area contributed by atoms with E-state index in [1.807, 2.05) is 18.2 Å². The SMILES string of the molecule is CCCN1CCC(c2ccccc2)C(C(=O)OC)C1. The van der Waals surface area contributed by atoms with Crippen molar-refractivity contribution in [3.05, 3.63) is 35.9 Å². The molecule has 1 aliphatic heterocycles. The molecule has 0 saturated carbocycles. The number of esters is 1. The third kappa shape index (κ3) is 3.35. The van der Waals surface area contributed by atoms with Gasteiger partial charge in [0.15, 0.2) is 0 Å². The van der Waals surface area contributed by atoms with E-state index in [1.54, 1.807) is 0 Å². The van der Waals surface area contributed by atoms with Gasteiger partial charge >= 0.3 is 5.97 Å². The Hall–Kier alpha value is -1.35. The first-order valence-electron chi connectivity index (χ1n) is 7.11. The van der Waals surface area contributed by atoms with Crippen molar-refractivity contribution < 1.29 is 9.53 Å². The van der Waals surface area contributed by atoms with Crippen LogP contribution in [0.2, 0.25) is 0 Å². The predicted octanol–water partition coefficient (Wildman–Crippen LogP) is 2.68. The van der Waals surface area contributed by atoms with Gasteiger partial charge in [0.05, 0.1) is 13.0 Å². The van der Waals surface area contributed by atoms with Crippen LogP contribution >= 0.6 is 0 Å². The highest BCUT2D eigenvalue weighted by molar-refractivity contribution is 5.74. The van der Waals surface area contributed by atoms with Crippen LogP contribution in [0.1, 0.15) is 31.2 Å². The Balaban J connectivity index is 2.15. The molecule has 1 aliphatic rings. The quantitative estimate of drug-likeness (QED) is 0.780.